The van der Waals surface area contributed by atoms with E-state index in [0.29, 0.717) is 0 Å². The Morgan fingerprint density at radius 3 is 1.75 bits per heavy atom. The zero-order valence-electron chi connectivity index (χ0n) is 46.4. The minimum Gasteiger partial charge on any atom is -0.456 e. The van der Waals surface area contributed by atoms with Gasteiger partial charge in [0.2, 0.25) is 0 Å². The fourth-order valence-electron chi connectivity index (χ4n) is 14.1. The number of rotatable bonds is 5. The summed E-state index contributed by atoms with van der Waals surface area (Å²) in [6.45, 7) is 18.5. The van der Waals surface area contributed by atoms with Crippen LogP contribution in [0.5, 0.6) is 0 Å². The monoisotopic (exact) mass is 1050 g/mol. The molecule has 5 heterocycles. The number of benzene rings is 10. The topological polar surface area (TPSA) is 32.8 Å². The molecule has 1 unspecified atom stereocenters. The van der Waals surface area contributed by atoms with E-state index in [4.69, 9.17) is 8.83 Å². The molecular weight excluding hydrogens is 992 g/mol. The lowest BCUT2D eigenvalue weighted by Gasteiger charge is -2.43. The number of thiophene rings is 1. The Labute approximate surface area is 471 Å². The molecular formula is C74H59BN2O2S. The minimum absolute atomic E-state index is 0.000708. The predicted octanol–water partition coefficient (Wildman–Crippen LogP) is 18.9. The van der Waals surface area contributed by atoms with E-state index in [1.165, 1.54) is 81.7 Å². The second-order valence-electron chi connectivity index (χ2n) is 25.2. The van der Waals surface area contributed by atoms with Crippen LogP contribution in [-0.2, 0) is 16.2 Å². The molecule has 0 bridgehead atoms. The summed E-state index contributed by atoms with van der Waals surface area (Å²) in [5, 5.41) is 5.75. The Bertz CT molecular complexity index is 4730. The molecule has 0 radical (unpaired) electrons. The lowest BCUT2D eigenvalue weighted by molar-refractivity contribution is 0.589. The molecule has 0 saturated carbocycles. The van der Waals surface area contributed by atoms with Crippen LogP contribution >= 0.6 is 11.3 Å². The molecule has 1 atom stereocenters. The van der Waals surface area contributed by atoms with Gasteiger partial charge in [-0.1, -0.05) is 201 Å². The molecule has 80 heavy (non-hydrogen) atoms. The summed E-state index contributed by atoms with van der Waals surface area (Å²) in [6.07, 6.45) is 0. The molecule has 0 amide bonds. The maximum absolute atomic E-state index is 7.04. The van der Waals surface area contributed by atoms with Crippen LogP contribution in [0.3, 0.4) is 0 Å². The van der Waals surface area contributed by atoms with E-state index in [1.54, 1.807) is 0 Å². The van der Waals surface area contributed by atoms with Crippen molar-refractivity contribution in [2.24, 2.45) is 0 Å². The first-order valence-electron chi connectivity index (χ1n) is 28.3. The average Bonchev–Trinajstić information content (AvgIpc) is 4.31. The van der Waals surface area contributed by atoms with Crippen molar-refractivity contribution in [3.63, 3.8) is 0 Å². The quantitative estimate of drug-likeness (QED) is 0.127. The van der Waals surface area contributed by atoms with Gasteiger partial charge in [-0.2, -0.15) is 0 Å². The molecule has 0 spiro atoms. The standard InChI is InChI=1S/C74H59BN2O2S/c1-72(2,3)45-33-30-43(31-34-45)66(53-23-15-21-51-49-19-10-13-28-63(49)78-69(51)53)44-32-39-58-62(40-44)77(61-27-16-22-52-50-20-11-14-29-64(50)79-70(52)61)60-26-17-25-59-67(60)75(58)71-68(76(59)47-37-35-46(36-38-47)73(4,5)6)55-41-54-48-18-9-12-24-56(48)74(7,8)57(54)42-65(55)80-71/h9-42,66H,1-8H3. The molecule has 4 nitrogen and oxygen atoms in total. The highest BCUT2D eigenvalue weighted by Crippen LogP contribution is 2.55. The van der Waals surface area contributed by atoms with Crippen molar-refractivity contribution >= 4 is 122 Å². The molecule has 0 saturated heterocycles. The third-order valence-electron chi connectivity index (χ3n) is 18.1. The van der Waals surface area contributed by atoms with Crippen molar-refractivity contribution in [2.45, 2.75) is 77.6 Å². The Morgan fingerprint density at radius 1 is 0.463 bits per heavy atom. The summed E-state index contributed by atoms with van der Waals surface area (Å²) in [6, 6.07) is 77.6. The number of para-hydroxylation sites is 4. The summed E-state index contributed by atoms with van der Waals surface area (Å²) < 4.78 is 16.6. The average molecular weight is 1050 g/mol. The Hall–Kier alpha value is -8.58. The van der Waals surface area contributed by atoms with Gasteiger partial charge in [0.15, 0.2) is 5.58 Å². The van der Waals surface area contributed by atoms with E-state index in [2.05, 4.69) is 271 Å². The third kappa shape index (κ3) is 6.75. The molecule has 0 N–H and O–H groups in total. The summed E-state index contributed by atoms with van der Waals surface area (Å²) in [5.41, 5.74) is 24.5. The molecule has 10 aromatic carbocycles. The first-order chi connectivity index (χ1) is 38.7. The summed E-state index contributed by atoms with van der Waals surface area (Å²) in [7, 11) is 0. The van der Waals surface area contributed by atoms with Crippen LogP contribution in [0.15, 0.2) is 215 Å². The first-order valence-corrected chi connectivity index (χ1v) is 29.1. The molecule has 2 aliphatic heterocycles. The van der Waals surface area contributed by atoms with Gasteiger partial charge in [0.25, 0.3) is 6.71 Å². The second-order valence-corrected chi connectivity index (χ2v) is 26.3. The van der Waals surface area contributed by atoms with Gasteiger partial charge in [0.05, 0.1) is 11.4 Å². The Balaban J connectivity index is 0.994. The van der Waals surface area contributed by atoms with Crippen molar-refractivity contribution in [1.29, 1.82) is 0 Å². The summed E-state index contributed by atoms with van der Waals surface area (Å²) in [4.78, 5) is 5.13. The Morgan fingerprint density at radius 2 is 1.04 bits per heavy atom. The number of anilines is 6. The predicted molar refractivity (Wildman–Crippen MR) is 339 cm³/mol. The van der Waals surface area contributed by atoms with E-state index in [1.807, 2.05) is 11.3 Å². The van der Waals surface area contributed by atoms with Gasteiger partial charge < -0.3 is 18.6 Å². The first kappa shape index (κ1) is 47.4. The smallest absolute Gasteiger partial charge is 0.264 e. The van der Waals surface area contributed by atoms with Crippen molar-refractivity contribution in [3.05, 3.63) is 245 Å². The maximum atomic E-state index is 7.04. The minimum atomic E-state index is -0.165. The van der Waals surface area contributed by atoms with Crippen molar-refractivity contribution in [2.75, 3.05) is 9.80 Å². The van der Waals surface area contributed by atoms with Gasteiger partial charge in [-0.3, -0.25) is 0 Å². The highest BCUT2D eigenvalue weighted by Gasteiger charge is 2.47. The fraction of sp³-hybridized carbons (Fsp3) is 0.162. The lowest BCUT2D eigenvalue weighted by atomic mass is 9.36. The summed E-state index contributed by atoms with van der Waals surface area (Å²) in [5.74, 6) is -0.165. The van der Waals surface area contributed by atoms with Crippen LogP contribution in [0.25, 0.3) is 65.1 Å². The molecule has 1 aliphatic carbocycles. The molecule has 0 fully saturated rings. The Kier molecular flexibility index (Phi) is 9.92. The van der Waals surface area contributed by atoms with Crippen LogP contribution in [0, 0.1) is 0 Å². The molecule has 386 valence electrons. The number of nitrogens with zero attached hydrogens (tertiary/aromatic N) is 2. The van der Waals surface area contributed by atoms with Gasteiger partial charge in [-0.25, -0.2) is 0 Å². The van der Waals surface area contributed by atoms with Crippen molar-refractivity contribution in [1.82, 2.24) is 0 Å². The van der Waals surface area contributed by atoms with Gasteiger partial charge >= 0.3 is 0 Å². The van der Waals surface area contributed by atoms with Crippen LogP contribution in [-0.4, -0.2) is 6.71 Å². The number of fused-ring (bicyclic) bond motifs is 15. The van der Waals surface area contributed by atoms with Crippen molar-refractivity contribution < 1.29 is 8.83 Å². The number of furan rings is 2. The van der Waals surface area contributed by atoms with E-state index < -0.39 is 0 Å². The zero-order chi connectivity index (χ0) is 54.1. The van der Waals surface area contributed by atoms with Crippen LogP contribution in [0.4, 0.5) is 34.1 Å². The van der Waals surface area contributed by atoms with Crippen molar-refractivity contribution in [3.8, 4) is 11.1 Å². The van der Waals surface area contributed by atoms with E-state index in [0.717, 1.165) is 72.2 Å². The second kappa shape index (κ2) is 16.7. The summed E-state index contributed by atoms with van der Waals surface area (Å²) >= 11 is 1.98. The third-order valence-corrected chi connectivity index (χ3v) is 19.3. The molecule has 6 heteroatoms. The normalized spacial score (nSPS) is 14.7. The molecule has 3 aliphatic rings. The zero-order valence-corrected chi connectivity index (χ0v) is 47.2. The highest BCUT2D eigenvalue weighted by atomic mass is 32.1. The van der Waals surface area contributed by atoms with Gasteiger partial charge in [-0.05, 0) is 127 Å². The molecule has 13 aromatic rings. The molecule has 16 rings (SSSR count). The SMILES string of the molecule is CC(C)(C)c1ccc(C(c2ccc3c(c2)N(c2cccc4c2oc2ccccc24)c2cccc4c2B3c2sc3cc5c(cc3c2N4c2ccc(C(C)(C)C)cc2)-c2ccccc2C5(C)C)c2cccc3c2oc2ccccc23)cc1. The van der Waals surface area contributed by atoms with Crippen LogP contribution in [0.1, 0.15) is 100 Å². The number of hydrogen-bond donors (Lipinski definition) is 0. The highest BCUT2D eigenvalue weighted by molar-refractivity contribution is 7.33. The van der Waals surface area contributed by atoms with Crippen LogP contribution in [0.2, 0.25) is 0 Å². The van der Waals surface area contributed by atoms with Gasteiger partial charge in [-0.15, -0.1) is 11.3 Å². The fourth-order valence-corrected chi connectivity index (χ4v) is 15.4. The van der Waals surface area contributed by atoms with E-state index in [-0.39, 0.29) is 28.9 Å². The lowest BCUT2D eigenvalue weighted by Crippen LogP contribution is -2.60. The largest absolute Gasteiger partial charge is 0.456 e. The van der Waals surface area contributed by atoms with Crippen LogP contribution < -0.4 is 25.5 Å². The maximum Gasteiger partial charge on any atom is 0.264 e. The van der Waals surface area contributed by atoms with E-state index in [9.17, 15) is 0 Å². The van der Waals surface area contributed by atoms with Gasteiger partial charge in [0.1, 0.15) is 16.7 Å². The van der Waals surface area contributed by atoms with E-state index >= 15 is 0 Å². The molecule has 3 aromatic heterocycles. The van der Waals surface area contributed by atoms with Gasteiger partial charge in [0, 0.05) is 76.1 Å². The number of hydrogen-bond acceptors (Lipinski definition) is 5.